The third kappa shape index (κ3) is 3.85. The molecule has 7 nitrogen and oxygen atoms in total. The van der Waals surface area contributed by atoms with Crippen LogP contribution in [0.2, 0.25) is 0 Å². The van der Waals surface area contributed by atoms with Gasteiger partial charge in [-0.25, -0.2) is 4.63 Å². The molecule has 0 spiro atoms. The summed E-state index contributed by atoms with van der Waals surface area (Å²) < 4.78 is 4.32. The Morgan fingerprint density at radius 3 is 2.75 bits per heavy atom. The Balaban J connectivity index is 2.19. The predicted octanol–water partition coefficient (Wildman–Crippen LogP) is -0.373. The van der Waals surface area contributed by atoms with Crippen LogP contribution in [0.1, 0.15) is 24.3 Å². The van der Waals surface area contributed by atoms with Gasteiger partial charge in [0.05, 0.1) is 0 Å². The Hall–Kier alpha value is -1.63. The molecule has 90 valence electrons. The van der Waals surface area contributed by atoms with Crippen LogP contribution < -0.4 is 16.4 Å². The topological polar surface area (TPSA) is 106 Å². The van der Waals surface area contributed by atoms with Gasteiger partial charge in [-0.05, 0) is 22.8 Å². The molecule has 0 saturated heterocycles. The monoisotopic (exact) mass is 227 g/mol. The van der Waals surface area contributed by atoms with Crippen molar-refractivity contribution >= 4 is 11.7 Å². The second-order valence-electron chi connectivity index (χ2n) is 3.85. The van der Waals surface area contributed by atoms with Gasteiger partial charge in [0, 0.05) is 13.1 Å². The number of nitrogens with two attached hydrogens (primary N) is 1. The smallest absolute Gasteiger partial charge is 0.277 e. The van der Waals surface area contributed by atoms with Crippen LogP contribution in [0, 0.1) is 5.92 Å². The number of nitrogens with one attached hydrogen (secondary N) is 2. The number of carbonyl (C=O) groups is 1. The summed E-state index contributed by atoms with van der Waals surface area (Å²) in [5.41, 5.74) is 5.40. The molecule has 1 amide bonds. The SMILES string of the molecule is CC(C)CNCCNC(=O)c1nonc1N. The molecule has 0 aliphatic carbocycles. The number of carbonyl (C=O) groups excluding carboxylic acids is 1. The second-order valence-corrected chi connectivity index (χ2v) is 3.85. The number of nitrogen functional groups attached to an aromatic ring is 1. The van der Waals surface area contributed by atoms with E-state index in [2.05, 4.69) is 39.4 Å². The van der Waals surface area contributed by atoms with Crippen LogP contribution >= 0.6 is 0 Å². The van der Waals surface area contributed by atoms with Crippen molar-refractivity contribution < 1.29 is 9.42 Å². The summed E-state index contributed by atoms with van der Waals surface area (Å²) in [7, 11) is 0. The number of rotatable bonds is 6. The van der Waals surface area contributed by atoms with Crippen molar-refractivity contribution in [3.8, 4) is 0 Å². The Morgan fingerprint density at radius 1 is 1.44 bits per heavy atom. The van der Waals surface area contributed by atoms with Crippen LogP contribution in [0.25, 0.3) is 0 Å². The van der Waals surface area contributed by atoms with E-state index in [9.17, 15) is 4.79 Å². The minimum atomic E-state index is -0.370. The minimum absolute atomic E-state index is 0.00707. The fourth-order valence-corrected chi connectivity index (χ4v) is 1.09. The summed E-state index contributed by atoms with van der Waals surface area (Å²) in [4.78, 5) is 11.4. The standard InChI is InChI=1S/C9H17N5O2/c1-6(2)5-11-3-4-12-9(15)7-8(10)14-16-13-7/h6,11H,3-5H2,1-2H3,(H2,10,14)(H,12,15). The van der Waals surface area contributed by atoms with Crippen molar-refractivity contribution in [3.05, 3.63) is 5.69 Å². The Morgan fingerprint density at radius 2 is 2.19 bits per heavy atom. The first kappa shape index (κ1) is 12.4. The van der Waals surface area contributed by atoms with Gasteiger partial charge in [0.2, 0.25) is 11.5 Å². The number of hydrogen-bond acceptors (Lipinski definition) is 6. The molecule has 7 heteroatoms. The Kier molecular flexibility index (Phi) is 4.71. The number of aromatic nitrogens is 2. The van der Waals surface area contributed by atoms with Gasteiger partial charge < -0.3 is 16.4 Å². The van der Waals surface area contributed by atoms with Crippen LogP contribution in [0.4, 0.5) is 5.82 Å². The quantitative estimate of drug-likeness (QED) is 0.572. The highest BCUT2D eigenvalue weighted by Gasteiger charge is 2.14. The molecular formula is C9H17N5O2. The van der Waals surface area contributed by atoms with Gasteiger partial charge in [0.1, 0.15) is 0 Å². The molecule has 0 aromatic carbocycles. The van der Waals surface area contributed by atoms with E-state index in [4.69, 9.17) is 5.73 Å². The summed E-state index contributed by atoms with van der Waals surface area (Å²) in [5.74, 6) is 0.226. The molecule has 16 heavy (non-hydrogen) atoms. The van der Waals surface area contributed by atoms with Gasteiger partial charge in [-0.3, -0.25) is 4.79 Å². The maximum Gasteiger partial charge on any atom is 0.277 e. The lowest BCUT2D eigenvalue weighted by molar-refractivity contribution is 0.0944. The van der Waals surface area contributed by atoms with Gasteiger partial charge in [0.15, 0.2) is 0 Å². The first-order valence-corrected chi connectivity index (χ1v) is 5.18. The van der Waals surface area contributed by atoms with E-state index in [-0.39, 0.29) is 17.4 Å². The van der Waals surface area contributed by atoms with Crippen LogP contribution in [0.3, 0.4) is 0 Å². The maximum atomic E-state index is 11.4. The van der Waals surface area contributed by atoms with E-state index < -0.39 is 0 Å². The minimum Gasteiger partial charge on any atom is -0.379 e. The first-order chi connectivity index (χ1) is 7.61. The highest BCUT2D eigenvalue weighted by Crippen LogP contribution is 2.02. The van der Waals surface area contributed by atoms with Crippen LogP contribution in [0.5, 0.6) is 0 Å². The van der Waals surface area contributed by atoms with E-state index in [0.717, 1.165) is 6.54 Å². The average Bonchev–Trinajstić information content (AvgIpc) is 2.63. The van der Waals surface area contributed by atoms with Crippen molar-refractivity contribution in [3.63, 3.8) is 0 Å². The van der Waals surface area contributed by atoms with Crippen molar-refractivity contribution in [2.24, 2.45) is 5.92 Å². The molecule has 0 aliphatic rings. The van der Waals surface area contributed by atoms with Crippen LogP contribution in [0.15, 0.2) is 4.63 Å². The lowest BCUT2D eigenvalue weighted by atomic mass is 10.2. The van der Waals surface area contributed by atoms with E-state index >= 15 is 0 Å². The maximum absolute atomic E-state index is 11.4. The van der Waals surface area contributed by atoms with E-state index in [1.807, 2.05) is 0 Å². The van der Waals surface area contributed by atoms with Gasteiger partial charge in [-0.15, -0.1) is 0 Å². The fraction of sp³-hybridized carbons (Fsp3) is 0.667. The van der Waals surface area contributed by atoms with Gasteiger partial charge in [-0.1, -0.05) is 13.8 Å². The largest absolute Gasteiger partial charge is 0.379 e. The van der Waals surface area contributed by atoms with E-state index in [1.54, 1.807) is 0 Å². The molecular weight excluding hydrogens is 210 g/mol. The first-order valence-electron chi connectivity index (χ1n) is 5.18. The van der Waals surface area contributed by atoms with Gasteiger partial charge in [-0.2, -0.15) is 0 Å². The molecule has 0 saturated carbocycles. The van der Waals surface area contributed by atoms with Crippen molar-refractivity contribution in [2.45, 2.75) is 13.8 Å². The average molecular weight is 227 g/mol. The summed E-state index contributed by atoms with van der Waals surface area (Å²) in [6.45, 7) is 6.37. The van der Waals surface area contributed by atoms with E-state index in [0.29, 0.717) is 19.0 Å². The molecule has 4 N–H and O–H groups in total. The van der Waals surface area contributed by atoms with Crippen molar-refractivity contribution in [2.75, 3.05) is 25.4 Å². The lowest BCUT2D eigenvalue weighted by Crippen LogP contribution is -2.33. The summed E-state index contributed by atoms with van der Waals surface area (Å²) in [5, 5.41) is 12.6. The highest BCUT2D eigenvalue weighted by atomic mass is 16.6. The molecule has 0 unspecified atom stereocenters. The number of hydrogen-bond donors (Lipinski definition) is 3. The van der Waals surface area contributed by atoms with Crippen LogP contribution in [-0.2, 0) is 0 Å². The highest BCUT2D eigenvalue weighted by molar-refractivity contribution is 5.95. The van der Waals surface area contributed by atoms with E-state index in [1.165, 1.54) is 0 Å². The van der Waals surface area contributed by atoms with Crippen molar-refractivity contribution in [1.82, 2.24) is 20.9 Å². The van der Waals surface area contributed by atoms with Gasteiger partial charge in [0.25, 0.3) is 5.91 Å². The Labute approximate surface area is 93.7 Å². The third-order valence-corrected chi connectivity index (χ3v) is 1.87. The molecule has 0 radical (unpaired) electrons. The molecule has 0 fully saturated rings. The summed E-state index contributed by atoms with van der Waals surface area (Å²) in [6, 6.07) is 0. The third-order valence-electron chi connectivity index (χ3n) is 1.87. The summed E-state index contributed by atoms with van der Waals surface area (Å²) >= 11 is 0. The number of nitrogens with zero attached hydrogens (tertiary/aromatic N) is 2. The Bertz CT molecular complexity index is 336. The zero-order chi connectivity index (χ0) is 12.0. The molecule has 1 rings (SSSR count). The fourth-order valence-electron chi connectivity index (χ4n) is 1.09. The molecule has 1 aromatic heterocycles. The molecule has 1 aromatic rings. The normalized spacial score (nSPS) is 10.7. The molecule has 0 aliphatic heterocycles. The molecule has 1 heterocycles. The predicted molar refractivity (Wildman–Crippen MR) is 58.8 cm³/mol. The van der Waals surface area contributed by atoms with Crippen LogP contribution in [-0.4, -0.2) is 35.9 Å². The second kappa shape index (κ2) is 6.06. The number of anilines is 1. The molecule has 0 bridgehead atoms. The zero-order valence-corrected chi connectivity index (χ0v) is 9.49. The van der Waals surface area contributed by atoms with Crippen molar-refractivity contribution in [1.29, 1.82) is 0 Å². The zero-order valence-electron chi connectivity index (χ0n) is 9.49. The molecule has 0 atom stereocenters. The number of amides is 1. The summed E-state index contributed by atoms with van der Waals surface area (Å²) in [6.07, 6.45) is 0. The lowest BCUT2D eigenvalue weighted by Gasteiger charge is -2.07. The van der Waals surface area contributed by atoms with Gasteiger partial charge >= 0.3 is 0 Å².